The van der Waals surface area contributed by atoms with Gasteiger partial charge in [0.25, 0.3) is 0 Å². The summed E-state index contributed by atoms with van der Waals surface area (Å²) in [5.41, 5.74) is 2.01. The summed E-state index contributed by atoms with van der Waals surface area (Å²) in [7, 11) is 1.64. The first-order valence-corrected chi connectivity index (χ1v) is 7.10. The van der Waals surface area contributed by atoms with E-state index in [1.54, 1.807) is 7.11 Å². The first kappa shape index (κ1) is 15.4. The van der Waals surface area contributed by atoms with Crippen molar-refractivity contribution >= 4 is 0 Å². The number of nitrogens with zero attached hydrogens (tertiary/aromatic N) is 1. The van der Waals surface area contributed by atoms with Gasteiger partial charge >= 0.3 is 0 Å². The molecule has 1 unspecified atom stereocenters. The SMILES string of the molecule is CCNC(C)c1ccc(OCc2cc(C)no2)c(OC)c1. The van der Waals surface area contributed by atoms with Crippen LogP contribution in [-0.4, -0.2) is 18.8 Å². The second-order valence-corrected chi connectivity index (χ2v) is 4.91. The number of aryl methyl sites for hydroxylation is 1. The number of nitrogens with one attached hydrogen (secondary N) is 1. The van der Waals surface area contributed by atoms with Crippen LogP contribution in [-0.2, 0) is 6.61 Å². The zero-order valence-corrected chi connectivity index (χ0v) is 13.0. The normalized spacial score (nSPS) is 12.2. The molecule has 5 heteroatoms. The average molecular weight is 290 g/mol. The Kier molecular flexibility index (Phi) is 5.22. The van der Waals surface area contributed by atoms with Crippen molar-refractivity contribution in [1.82, 2.24) is 10.5 Å². The van der Waals surface area contributed by atoms with E-state index in [0.717, 1.165) is 17.8 Å². The standard InChI is InChI=1S/C16H22N2O3/c1-5-17-12(3)13-6-7-15(16(9-13)19-4)20-10-14-8-11(2)18-21-14/h6-9,12,17H,5,10H2,1-4H3. The number of hydrogen-bond acceptors (Lipinski definition) is 5. The van der Waals surface area contributed by atoms with E-state index in [-0.39, 0.29) is 6.04 Å². The molecule has 0 amide bonds. The van der Waals surface area contributed by atoms with Gasteiger partial charge in [0, 0.05) is 12.1 Å². The van der Waals surface area contributed by atoms with Crippen LogP contribution in [0.2, 0.25) is 0 Å². The van der Waals surface area contributed by atoms with Crippen LogP contribution in [0.4, 0.5) is 0 Å². The van der Waals surface area contributed by atoms with Crippen LogP contribution < -0.4 is 14.8 Å². The molecule has 2 aromatic rings. The zero-order chi connectivity index (χ0) is 15.2. The lowest BCUT2D eigenvalue weighted by molar-refractivity contribution is 0.238. The Morgan fingerprint density at radius 1 is 1.29 bits per heavy atom. The van der Waals surface area contributed by atoms with Gasteiger partial charge in [0.1, 0.15) is 6.61 Å². The number of hydrogen-bond donors (Lipinski definition) is 1. The third-order valence-electron chi connectivity index (χ3n) is 3.24. The van der Waals surface area contributed by atoms with Gasteiger partial charge < -0.3 is 19.3 Å². The van der Waals surface area contributed by atoms with Gasteiger partial charge in [-0.15, -0.1) is 0 Å². The van der Waals surface area contributed by atoms with Crippen LogP contribution in [0.1, 0.15) is 36.9 Å². The maximum atomic E-state index is 5.74. The fourth-order valence-corrected chi connectivity index (χ4v) is 2.13. The highest BCUT2D eigenvalue weighted by Crippen LogP contribution is 2.30. The molecule has 1 aromatic heterocycles. The monoisotopic (exact) mass is 290 g/mol. The fourth-order valence-electron chi connectivity index (χ4n) is 2.13. The van der Waals surface area contributed by atoms with E-state index >= 15 is 0 Å². The van der Waals surface area contributed by atoms with Crippen LogP contribution in [0.15, 0.2) is 28.8 Å². The molecule has 2 rings (SSSR count). The Balaban J connectivity index is 2.08. The van der Waals surface area contributed by atoms with Crippen LogP contribution in [0.25, 0.3) is 0 Å². The van der Waals surface area contributed by atoms with E-state index in [0.29, 0.717) is 23.9 Å². The third-order valence-corrected chi connectivity index (χ3v) is 3.24. The molecule has 1 N–H and O–H groups in total. The van der Waals surface area contributed by atoms with Gasteiger partial charge in [0.05, 0.1) is 12.8 Å². The number of methoxy groups -OCH3 is 1. The van der Waals surface area contributed by atoms with E-state index in [9.17, 15) is 0 Å². The molecule has 0 aliphatic heterocycles. The summed E-state index contributed by atoms with van der Waals surface area (Å²) in [6.45, 7) is 7.34. The molecule has 0 saturated heterocycles. The Morgan fingerprint density at radius 2 is 2.10 bits per heavy atom. The molecular weight excluding hydrogens is 268 g/mol. The van der Waals surface area contributed by atoms with E-state index < -0.39 is 0 Å². The van der Waals surface area contributed by atoms with E-state index in [2.05, 4.69) is 24.3 Å². The minimum atomic E-state index is 0.273. The van der Waals surface area contributed by atoms with Crippen molar-refractivity contribution < 1.29 is 14.0 Å². The van der Waals surface area contributed by atoms with Crippen LogP contribution >= 0.6 is 0 Å². The smallest absolute Gasteiger partial charge is 0.174 e. The molecule has 0 aliphatic rings. The highest BCUT2D eigenvalue weighted by Gasteiger charge is 2.11. The number of aromatic nitrogens is 1. The molecular formula is C16H22N2O3. The molecule has 1 aromatic carbocycles. The first-order valence-electron chi connectivity index (χ1n) is 7.10. The quantitative estimate of drug-likeness (QED) is 0.848. The van der Waals surface area contributed by atoms with Gasteiger partial charge in [0.2, 0.25) is 0 Å². The summed E-state index contributed by atoms with van der Waals surface area (Å²) in [6, 6.07) is 8.08. The third kappa shape index (κ3) is 3.98. The van der Waals surface area contributed by atoms with E-state index in [4.69, 9.17) is 14.0 Å². The van der Waals surface area contributed by atoms with Gasteiger partial charge in [-0.05, 0) is 38.1 Å². The highest BCUT2D eigenvalue weighted by molar-refractivity contribution is 5.43. The maximum absolute atomic E-state index is 5.74. The van der Waals surface area contributed by atoms with Crippen molar-refractivity contribution in [2.75, 3.05) is 13.7 Å². The summed E-state index contributed by atoms with van der Waals surface area (Å²) < 4.78 is 16.3. The maximum Gasteiger partial charge on any atom is 0.174 e. The summed E-state index contributed by atoms with van der Waals surface area (Å²) >= 11 is 0. The summed E-state index contributed by atoms with van der Waals surface area (Å²) in [4.78, 5) is 0. The second kappa shape index (κ2) is 7.13. The van der Waals surface area contributed by atoms with Crippen molar-refractivity contribution in [2.24, 2.45) is 0 Å². The second-order valence-electron chi connectivity index (χ2n) is 4.91. The largest absolute Gasteiger partial charge is 0.493 e. The van der Waals surface area contributed by atoms with Crippen molar-refractivity contribution in [1.29, 1.82) is 0 Å². The van der Waals surface area contributed by atoms with Crippen molar-refractivity contribution in [3.63, 3.8) is 0 Å². The predicted molar refractivity (Wildman–Crippen MR) is 80.7 cm³/mol. The first-order chi connectivity index (χ1) is 10.1. The predicted octanol–water partition coefficient (Wildman–Crippen LogP) is 3.24. The van der Waals surface area contributed by atoms with Crippen molar-refractivity contribution in [3.05, 3.63) is 41.3 Å². The fraction of sp³-hybridized carbons (Fsp3) is 0.438. The van der Waals surface area contributed by atoms with Crippen LogP contribution in [0, 0.1) is 6.92 Å². The summed E-state index contributed by atoms with van der Waals surface area (Å²) in [6.07, 6.45) is 0. The molecule has 0 spiro atoms. The van der Waals surface area contributed by atoms with Crippen LogP contribution in [0.5, 0.6) is 11.5 Å². The van der Waals surface area contributed by atoms with E-state index in [1.165, 1.54) is 0 Å². The highest BCUT2D eigenvalue weighted by atomic mass is 16.5. The topological polar surface area (TPSA) is 56.5 Å². The Labute approximate surface area is 125 Å². The minimum Gasteiger partial charge on any atom is -0.493 e. The lowest BCUT2D eigenvalue weighted by atomic mass is 10.1. The van der Waals surface area contributed by atoms with Crippen molar-refractivity contribution in [3.8, 4) is 11.5 Å². The Hall–Kier alpha value is -2.01. The van der Waals surface area contributed by atoms with Gasteiger partial charge in [-0.1, -0.05) is 18.1 Å². The number of rotatable bonds is 7. The summed E-state index contributed by atoms with van der Waals surface area (Å²) in [5.74, 6) is 2.10. The molecule has 0 bridgehead atoms. The lowest BCUT2D eigenvalue weighted by Gasteiger charge is -2.16. The molecule has 0 fully saturated rings. The molecule has 0 saturated carbocycles. The van der Waals surface area contributed by atoms with E-state index in [1.807, 2.05) is 31.2 Å². The number of benzene rings is 1. The van der Waals surface area contributed by atoms with Gasteiger partial charge in [0.15, 0.2) is 17.3 Å². The van der Waals surface area contributed by atoms with Gasteiger partial charge in [-0.3, -0.25) is 0 Å². The molecule has 1 atom stereocenters. The molecule has 0 radical (unpaired) electrons. The zero-order valence-electron chi connectivity index (χ0n) is 13.0. The molecule has 5 nitrogen and oxygen atoms in total. The average Bonchev–Trinajstić information content (AvgIpc) is 2.90. The molecule has 114 valence electrons. The molecule has 0 aliphatic carbocycles. The van der Waals surface area contributed by atoms with Gasteiger partial charge in [-0.2, -0.15) is 0 Å². The molecule has 21 heavy (non-hydrogen) atoms. The number of ether oxygens (including phenoxy) is 2. The van der Waals surface area contributed by atoms with Gasteiger partial charge in [-0.25, -0.2) is 0 Å². The Morgan fingerprint density at radius 3 is 2.71 bits per heavy atom. The Bertz CT molecular complexity index is 581. The van der Waals surface area contributed by atoms with Crippen molar-refractivity contribution in [2.45, 2.75) is 33.4 Å². The lowest BCUT2D eigenvalue weighted by Crippen LogP contribution is -2.17. The minimum absolute atomic E-state index is 0.273. The van der Waals surface area contributed by atoms with Crippen LogP contribution in [0.3, 0.4) is 0 Å². The summed E-state index contributed by atoms with van der Waals surface area (Å²) in [5, 5.41) is 7.21. The molecule has 1 heterocycles.